The minimum Gasteiger partial charge on any atom is -0.466 e. The maximum atomic E-state index is 12.2. The summed E-state index contributed by atoms with van der Waals surface area (Å²) in [5.74, 6) is -1.41. The summed E-state index contributed by atoms with van der Waals surface area (Å²) >= 11 is 0. The number of carbonyl (C=O) groups excluding carboxylic acids is 2. The van der Waals surface area contributed by atoms with Crippen LogP contribution in [0.15, 0.2) is 34.4 Å². The Morgan fingerprint density at radius 1 is 1.16 bits per heavy atom. The quantitative estimate of drug-likeness (QED) is 0.719. The van der Waals surface area contributed by atoms with Gasteiger partial charge in [0.1, 0.15) is 12.4 Å². The summed E-state index contributed by atoms with van der Waals surface area (Å²) in [5, 5.41) is 0. The van der Waals surface area contributed by atoms with Crippen LogP contribution in [0, 0.1) is 6.92 Å². The van der Waals surface area contributed by atoms with Gasteiger partial charge in [-0.25, -0.2) is 18.0 Å². The molecular weight excluding hydrogens is 350 g/mol. The van der Waals surface area contributed by atoms with Crippen LogP contribution in [0.25, 0.3) is 0 Å². The van der Waals surface area contributed by atoms with Crippen LogP contribution in [0.3, 0.4) is 0 Å². The van der Waals surface area contributed by atoms with Crippen LogP contribution >= 0.6 is 0 Å². The molecule has 0 radical (unpaired) electrons. The number of aryl methyl sites for hydroxylation is 1. The molecule has 25 heavy (non-hydrogen) atoms. The Labute approximate surface area is 145 Å². The van der Waals surface area contributed by atoms with Gasteiger partial charge in [0.2, 0.25) is 0 Å². The molecule has 9 heteroatoms. The zero-order valence-corrected chi connectivity index (χ0v) is 15.2. The lowest BCUT2D eigenvalue weighted by Crippen LogP contribution is -2.39. The van der Waals surface area contributed by atoms with Gasteiger partial charge in [0, 0.05) is 11.9 Å². The molecule has 1 heterocycles. The number of methoxy groups -OCH3 is 2. The SMILES string of the molecule is COC(=O)C1=C(C(=O)OC)N(c2ccc(S(C)(=O)=O)cc2C)COC1. The van der Waals surface area contributed by atoms with Crippen molar-refractivity contribution in [3.63, 3.8) is 0 Å². The summed E-state index contributed by atoms with van der Waals surface area (Å²) in [4.78, 5) is 25.8. The van der Waals surface area contributed by atoms with Crippen molar-refractivity contribution in [3.8, 4) is 0 Å². The molecule has 8 nitrogen and oxygen atoms in total. The van der Waals surface area contributed by atoms with Gasteiger partial charge in [0.15, 0.2) is 9.84 Å². The Bertz CT molecular complexity index is 842. The largest absolute Gasteiger partial charge is 0.466 e. The van der Waals surface area contributed by atoms with E-state index < -0.39 is 21.8 Å². The van der Waals surface area contributed by atoms with E-state index in [1.807, 2.05) is 0 Å². The molecule has 136 valence electrons. The van der Waals surface area contributed by atoms with Crippen LogP contribution < -0.4 is 4.90 Å². The first-order valence-electron chi connectivity index (χ1n) is 7.26. The van der Waals surface area contributed by atoms with Crippen molar-refractivity contribution < 1.29 is 32.2 Å². The summed E-state index contributed by atoms with van der Waals surface area (Å²) in [6.07, 6.45) is 1.11. The van der Waals surface area contributed by atoms with Crippen LogP contribution in [-0.2, 0) is 33.6 Å². The third kappa shape index (κ3) is 3.83. The van der Waals surface area contributed by atoms with Crippen molar-refractivity contribution in [2.24, 2.45) is 0 Å². The van der Waals surface area contributed by atoms with E-state index in [0.717, 1.165) is 6.26 Å². The molecule has 0 saturated carbocycles. The van der Waals surface area contributed by atoms with Crippen LogP contribution in [-0.4, -0.2) is 54.2 Å². The van der Waals surface area contributed by atoms with Crippen LogP contribution in [0.5, 0.6) is 0 Å². The van der Waals surface area contributed by atoms with Crippen molar-refractivity contribution in [1.82, 2.24) is 0 Å². The van der Waals surface area contributed by atoms with Gasteiger partial charge in [-0.05, 0) is 30.7 Å². The summed E-state index contributed by atoms with van der Waals surface area (Å²) in [6.45, 7) is 1.61. The molecule has 0 saturated heterocycles. The highest BCUT2D eigenvalue weighted by Crippen LogP contribution is 2.30. The Morgan fingerprint density at radius 2 is 1.80 bits per heavy atom. The number of ether oxygens (including phenoxy) is 3. The topological polar surface area (TPSA) is 99.2 Å². The molecular formula is C16H19NO7S. The smallest absolute Gasteiger partial charge is 0.355 e. The standard InChI is InChI=1S/C16H19NO7S/c1-10-7-11(25(4,20)21)5-6-13(10)17-9-24-8-12(15(18)22-2)14(17)16(19)23-3/h5-7H,8-9H2,1-4H3. The van der Waals surface area contributed by atoms with E-state index in [-0.39, 0.29) is 29.5 Å². The van der Waals surface area contributed by atoms with Crippen molar-refractivity contribution in [2.75, 3.05) is 38.7 Å². The predicted octanol–water partition coefficient (Wildman–Crippen LogP) is 0.793. The number of rotatable bonds is 4. The molecule has 0 aliphatic carbocycles. The molecule has 0 N–H and O–H groups in total. The first kappa shape index (κ1) is 18.9. The second-order valence-electron chi connectivity index (χ2n) is 5.44. The lowest BCUT2D eigenvalue weighted by Gasteiger charge is -2.32. The minimum atomic E-state index is -3.36. The highest BCUT2D eigenvalue weighted by atomic mass is 32.2. The normalized spacial score (nSPS) is 15.1. The van der Waals surface area contributed by atoms with Crippen molar-refractivity contribution in [3.05, 3.63) is 35.0 Å². The number of esters is 2. The molecule has 0 fully saturated rings. The number of nitrogens with zero attached hydrogens (tertiary/aromatic N) is 1. The average molecular weight is 369 g/mol. The highest BCUT2D eigenvalue weighted by Gasteiger charge is 2.33. The van der Waals surface area contributed by atoms with E-state index in [2.05, 4.69) is 0 Å². The fourth-order valence-electron chi connectivity index (χ4n) is 2.50. The first-order chi connectivity index (χ1) is 11.7. The molecule has 0 amide bonds. The maximum absolute atomic E-state index is 12.2. The van der Waals surface area contributed by atoms with E-state index in [1.54, 1.807) is 13.0 Å². The molecule has 0 spiro atoms. The lowest BCUT2D eigenvalue weighted by molar-refractivity contribution is -0.140. The number of anilines is 1. The summed E-state index contributed by atoms with van der Waals surface area (Å²) < 4.78 is 38.3. The maximum Gasteiger partial charge on any atom is 0.355 e. The third-order valence-electron chi connectivity index (χ3n) is 3.72. The molecule has 1 aliphatic heterocycles. The van der Waals surface area contributed by atoms with Gasteiger partial charge in [-0.2, -0.15) is 0 Å². The second kappa shape index (κ2) is 7.24. The molecule has 1 aromatic carbocycles. The van der Waals surface area contributed by atoms with Gasteiger partial charge in [-0.3, -0.25) is 0 Å². The highest BCUT2D eigenvalue weighted by molar-refractivity contribution is 7.90. The molecule has 0 aromatic heterocycles. The Morgan fingerprint density at radius 3 is 2.32 bits per heavy atom. The molecule has 2 rings (SSSR count). The Hall–Kier alpha value is -2.39. The summed E-state index contributed by atoms with van der Waals surface area (Å²) in [5.41, 5.74) is 1.16. The number of carbonyl (C=O) groups is 2. The number of sulfone groups is 1. The van der Waals surface area contributed by atoms with Gasteiger partial charge >= 0.3 is 11.9 Å². The van der Waals surface area contributed by atoms with Crippen LogP contribution in [0.4, 0.5) is 5.69 Å². The average Bonchev–Trinajstić information content (AvgIpc) is 2.58. The van der Waals surface area contributed by atoms with E-state index in [4.69, 9.17) is 14.2 Å². The first-order valence-corrected chi connectivity index (χ1v) is 9.15. The fraction of sp³-hybridized carbons (Fsp3) is 0.375. The summed E-state index contributed by atoms with van der Waals surface area (Å²) in [6, 6.07) is 4.48. The minimum absolute atomic E-state index is 0.00396. The van der Waals surface area contributed by atoms with Gasteiger partial charge in [0.05, 0.1) is 31.3 Å². The van der Waals surface area contributed by atoms with Gasteiger partial charge in [-0.1, -0.05) is 0 Å². The van der Waals surface area contributed by atoms with E-state index in [1.165, 1.54) is 31.3 Å². The summed E-state index contributed by atoms with van der Waals surface area (Å²) in [7, 11) is -0.953. The molecule has 1 aliphatic rings. The molecule has 1 aromatic rings. The zero-order chi connectivity index (χ0) is 18.8. The van der Waals surface area contributed by atoms with Gasteiger partial charge < -0.3 is 19.1 Å². The van der Waals surface area contributed by atoms with Crippen molar-refractivity contribution in [1.29, 1.82) is 0 Å². The van der Waals surface area contributed by atoms with Crippen LogP contribution in [0.2, 0.25) is 0 Å². The van der Waals surface area contributed by atoms with E-state index in [9.17, 15) is 18.0 Å². The lowest BCUT2D eigenvalue weighted by atomic mass is 10.1. The number of benzene rings is 1. The van der Waals surface area contributed by atoms with E-state index >= 15 is 0 Å². The Balaban J connectivity index is 2.60. The van der Waals surface area contributed by atoms with E-state index in [0.29, 0.717) is 11.3 Å². The van der Waals surface area contributed by atoms with Gasteiger partial charge in [-0.15, -0.1) is 0 Å². The van der Waals surface area contributed by atoms with Crippen LogP contribution in [0.1, 0.15) is 5.56 Å². The Kier molecular flexibility index (Phi) is 5.48. The molecule has 0 bridgehead atoms. The van der Waals surface area contributed by atoms with Gasteiger partial charge in [0.25, 0.3) is 0 Å². The van der Waals surface area contributed by atoms with Crippen molar-refractivity contribution in [2.45, 2.75) is 11.8 Å². The second-order valence-corrected chi connectivity index (χ2v) is 7.45. The number of hydrogen-bond donors (Lipinski definition) is 0. The molecule has 0 unspecified atom stereocenters. The third-order valence-corrected chi connectivity index (χ3v) is 4.83. The monoisotopic (exact) mass is 369 g/mol. The number of hydrogen-bond acceptors (Lipinski definition) is 8. The fourth-order valence-corrected chi connectivity index (χ4v) is 3.20. The van der Waals surface area contributed by atoms with Crippen molar-refractivity contribution >= 4 is 27.5 Å². The predicted molar refractivity (Wildman–Crippen MR) is 88.6 cm³/mol. The molecule has 0 atom stereocenters. The zero-order valence-electron chi connectivity index (χ0n) is 14.4.